The first-order chi connectivity index (χ1) is 7.27. The third kappa shape index (κ3) is 2.58. The van der Waals surface area contributed by atoms with Crippen LogP contribution in [0.1, 0.15) is 31.7 Å². The maximum absolute atomic E-state index is 5.76. The van der Waals surface area contributed by atoms with Gasteiger partial charge in [0.05, 0.1) is 12.7 Å². The van der Waals surface area contributed by atoms with Crippen molar-refractivity contribution < 1.29 is 9.47 Å². The lowest BCUT2D eigenvalue weighted by Gasteiger charge is -2.21. The molecule has 15 heavy (non-hydrogen) atoms. The first kappa shape index (κ1) is 10.7. The van der Waals surface area contributed by atoms with Gasteiger partial charge in [-0.3, -0.25) is 0 Å². The van der Waals surface area contributed by atoms with Gasteiger partial charge in [-0.1, -0.05) is 30.3 Å². The van der Waals surface area contributed by atoms with Crippen molar-refractivity contribution >= 4 is 0 Å². The van der Waals surface area contributed by atoms with Crippen LogP contribution in [0.4, 0.5) is 0 Å². The van der Waals surface area contributed by atoms with E-state index >= 15 is 0 Å². The zero-order chi connectivity index (χ0) is 10.7. The van der Waals surface area contributed by atoms with Crippen LogP contribution in [-0.2, 0) is 9.47 Å². The predicted molar refractivity (Wildman–Crippen MR) is 59.8 cm³/mol. The number of rotatable bonds is 3. The van der Waals surface area contributed by atoms with Crippen molar-refractivity contribution in [1.82, 2.24) is 0 Å². The van der Waals surface area contributed by atoms with Crippen molar-refractivity contribution in [1.29, 1.82) is 0 Å². The summed E-state index contributed by atoms with van der Waals surface area (Å²) in [5.74, 6) is 0.397. The molecule has 1 aromatic rings. The summed E-state index contributed by atoms with van der Waals surface area (Å²) in [6.45, 7) is 4.89. The van der Waals surface area contributed by atoms with Crippen LogP contribution in [0, 0.1) is 0 Å². The topological polar surface area (TPSA) is 18.5 Å². The lowest BCUT2D eigenvalue weighted by molar-refractivity contribution is -0.141. The van der Waals surface area contributed by atoms with Crippen LogP contribution >= 0.6 is 0 Å². The van der Waals surface area contributed by atoms with Gasteiger partial charge in [-0.2, -0.15) is 0 Å². The molecule has 1 saturated heterocycles. The Morgan fingerprint density at radius 3 is 2.67 bits per heavy atom. The lowest BCUT2D eigenvalue weighted by atomic mass is 9.97. The average Bonchev–Trinajstić information content (AvgIpc) is 2.66. The van der Waals surface area contributed by atoms with Gasteiger partial charge in [0.25, 0.3) is 0 Å². The van der Waals surface area contributed by atoms with E-state index in [1.165, 1.54) is 5.56 Å². The molecule has 2 rings (SSSR count). The smallest absolute Gasteiger partial charge is 0.164 e. The van der Waals surface area contributed by atoms with E-state index in [0.29, 0.717) is 5.92 Å². The average molecular weight is 206 g/mol. The van der Waals surface area contributed by atoms with Crippen LogP contribution < -0.4 is 0 Å². The molecule has 0 radical (unpaired) electrons. The molecule has 0 aliphatic carbocycles. The largest absolute Gasteiger partial charge is 0.352 e. The molecule has 2 nitrogen and oxygen atoms in total. The third-order valence-corrected chi connectivity index (χ3v) is 2.67. The van der Waals surface area contributed by atoms with Gasteiger partial charge in [0, 0.05) is 5.92 Å². The number of hydrogen-bond donors (Lipinski definition) is 0. The highest BCUT2D eigenvalue weighted by molar-refractivity contribution is 5.20. The van der Waals surface area contributed by atoms with E-state index in [1.807, 2.05) is 19.9 Å². The highest BCUT2D eigenvalue weighted by atomic mass is 16.7. The third-order valence-electron chi connectivity index (χ3n) is 2.67. The number of hydrogen-bond acceptors (Lipinski definition) is 2. The zero-order valence-electron chi connectivity index (χ0n) is 9.35. The monoisotopic (exact) mass is 206 g/mol. The molecule has 1 aliphatic heterocycles. The first-order valence-corrected chi connectivity index (χ1v) is 5.59. The van der Waals surface area contributed by atoms with Gasteiger partial charge in [-0.15, -0.1) is 0 Å². The van der Waals surface area contributed by atoms with E-state index in [9.17, 15) is 0 Å². The second-order valence-electron chi connectivity index (χ2n) is 4.23. The molecule has 2 heteroatoms. The van der Waals surface area contributed by atoms with Gasteiger partial charge in [-0.25, -0.2) is 0 Å². The summed E-state index contributed by atoms with van der Waals surface area (Å²) in [6, 6.07) is 10.5. The maximum atomic E-state index is 5.76. The van der Waals surface area contributed by atoms with Crippen molar-refractivity contribution in [3.05, 3.63) is 35.9 Å². The van der Waals surface area contributed by atoms with Gasteiger partial charge in [0.2, 0.25) is 0 Å². The Balaban J connectivity index is 2.08. The Labute approximate surface area is 91.2 Å². The van der Waals surface area contributed by atoms with Crippen LogP contribution in [0.25, 0.3) is 0 Å². The molecule has 0 bridgehead atoms. The molecule has 0 spiro atoms. The van der Waals surface area contributed by atoms with Crippen molar-refractivity contribution in [2.75, 3.05) is 6.61 Å². The summed E-state index contributed by atoms with van der Waals surface area (Å²) in [5, 5.41) is 0. The quantitative estimate of drug-likeness (QED) is 0.757. The highest BCUT2D eigenvalue weighted by Gasteiger charge is 2.30. The van der Waals surface area contributed by atoms with Crippen LogP contribution in [0.3, 0.4) is 0 Å². The summed E-state index contributed by atoms with van der Waals surface area (Å²) in [6.07, 6.45) is 1.22. The lowest BCUT2D eigenvalue weighted by Crippen LogP contribution is -2.22. The molecule has 1 aromatic carbocycles. The molecule has 0 aromatic heterocycles. The second kappa shape index (κ2) is 4.77. The van der Waals surface area contributed by atoms with E-state index in [0.717, 1.165) is 13.0 Å². The summed E-state index contributed by atoms with van der Waals surface area (Å²) in [5.41, 5.74) is 1.32. The minimum atomic E-state index is -0.0626. The first-order valence-electron chi connectivity index (χ1n) is 5.59. The fourth-order valence-electron chi connectivity index (χ4n) is 1.99. The Hall–Kier alpha value is -0.860. The molecule has 1 aliphatic rings. The van der Waals surface area contributed by atoms with Gasteiger partial charge in [-0.05, 0) is 25.8 Å². The molecule has 0 N–H and O–H groups in total. The van der Waals surface area contributed by atoms with Crippen LogP contribution in [0.2, 0.25) is 0 Å². The van der Waals surface area contributed by atoms with Crippen LogP contribution in [0.15, 0.2) is 30.3 Å². The van der Waals surface area contributed by atoms with Crippen LogP contribution in [0.5, 0.6) is 0 Å². The second-order valence-corrected chi connectivity index (χ2v) is 4.23. The molecule has 1 fully saturated rings. The van der Waals surface area contributed by atoms with E-state index in [4.69, 9.17) is 9.47 Å². The normalized spacial score (nSPS) is 26.1. The molecule has 0 unspecified atom stereocenters. The fraction of sp³-hybridized carbons (Fsp3) is 0.538. The van der Waals surface area contributed by atoms with Crippen LogP contribution in [-0.4, -0.2) is 19.0 Å². The van der Waals surface area contributed by atoms with Gasteiger partial charge in [0.15, 0.2) is 6.29 Å². The Morgan fingerprint density at radius 1 is 1.27 bits per heavy atom. The fourth-order valence-corrected chi connectivity index (χ4v) is 1.99. The van der Waals surface area contributed by atoms with Crippen molar-refractivity contribution in [2.45, 2.75) is 38.6 Å². The predicted octanol–water partition coefficient (Wildman–Crippen LogP) is 2.94. The molecule has 82 valence electrons. The SMILES string of the molecule is CC(C)O[C@H]1OCC[C@@H]1c1ccccc1. The Morgan fingerprint density at radius 2 is 2.00 bits per heavy atom. The standard InChI is InChI=1S/C13H18O2/c1-10(2)15-13-12(8-9-14-13)11-6-4-3-5-7-11/h3-7,10,12-13H,8-9H2,1-2H3/t12-,13-/m1/s1. The van der Waals surface area contributed by atoms with E-state index < -0.39 is 0 Å². The Bertz CT molecular complexity index is 295. The van der Waals surface area contributed by atoms with Gasteiger partial charge in [0.1, 0.15) is 0 Å². The summed E-state index contributed by atoms with van der Waals surface area (Å²) < 4.78 is 11.4. The molecule has 0 saturated carbocycles. The minimum Gasteiger partial charge on any atom is -0.352 e. The molecule has 2 atom stereocenters. The van der Waals surface area contributed by atoms with E-state index in [-0.39, 0.29) is 12.4 Å². The summed E-state index contributed by atoms with van der Waals surface area (Å²) >= 11 is 0. The summed E-state index contributed by atoms with van der Waals surface area (Å²) in [7, 11) is 0. The highest BCUT2D eigenvalue weighted by Crippen LogP contribution is 2.32. The number of ether oxygens (including phenoxy) is 2. The Kier molecular flexibility index (Phi) is 3.39. The molecule has 0 amide bonds. The molecular formula is C13H18O2. The van der Waals surface area contributed by atoms with E-state index in [1.54, 1.807) is 0 Å². The molecular weight excluding hydrogens is 188 g/mol. The van der Waals surface area contributed by atoms with Crippen molar-refractivity contribution in [3.8, 4) is 0 Å². The van der Waals surface area contributed by atoms with Crippen molar-refractivity contribution in [3.63, 3.8) is 0 Å². The van der Waals surface area contributed by atoms with E-state index in [2.05, 4.69) is 24.3 Å². The minimum absolute atomic E-state index is 0.0626. The zero-order valence-corrected chi connectivity index (χ0v) is 9.35. The van der Waals surface area contributed by atoms with Gasteiger partial charge >= 0.3 is 0 Å². The summed E-state index contributed by atoms with van der Waals surface area (Å²) in [4.78, 5) is 0. The maximum Gasteiger partial charge on any atom is 0.164 e. The van der Waals surface area contributed by atoms with Gasteiger partial charge < -0.3 is 9.47 Å². The number of benzene rings is 1. The van der Waals surface area contributed by atoms with Crippen molar-refractivity contribution in [2.24, 2.45) is 0 Å². The molecule has 1 heterocycles.